The first-order chi connectivity index (χ1) is 9.49. The van der Waals surface area contributed by atoms with E-state index in [0.717, 1.165) is 31.3 Å². The van der Waals surface area contributed by atoms with E-state index in [1.807, 2.05) is 35.4 Å². The Bertz CT molecular complexity index is 481. The molecule has 1 fully saturated rings. The number of halogens is 2. The van der Waals surface area contributed by atoms with Gasteiger partial charge in [0.05, 0.1) is 13.1 Å². The molecule has 2 heterocycles. The Hall–Kier alpha value is -0.890. The van der Waals surface area contributed by atoms with E-state index in [0.29, 0.717) is 13.1 Å². The van der Waals surface area contributed by atoms with Gasteiger partial charge >= 0.3 is 0 Å². The molecule has 0 aromatic carbocycles. The smallest absolute Gasteiger partial charge is 0.237 e. The van der Waals surface area contributed by atoms with Gasteiger partial charge in [0.15, 0.2) is 0 Å². The lowest BCUT2D eigenvalue weighted by Crippen LogP contribution is -2.54. The highest BCUT2D eigenvalue weighted by Gasteiger charge is 2.23. The number of aryl methyl sites for hydroxylation is 1. The van der Waals surface area contributed by atoms with Gasteiger partial charge in [-0.2, -0.15) is 0 Å². The average molecular weight is 353 g/mol. The van der Waals surface area contributed by atoms with Crippen LogP contribution in [0.2, 0.25) is 0 Å². The molecule has 7 nitrogen and oxygen atoms in total. The summed E-state index contributed by atoms with van der Waals surface area (Å²) in [5, 5.41) is 11.5. The van der Waals surface area contributed by atoms with Gasteiger partial charge in [0.2, 0.25) is 5.91 Å². The van der Waals surface area contributed by atoms with Crippen LogP contribution in [0.15, 0.2) is 0 Å². The van der Waals surface area contributed by atoms with Crippen molar-refractivity contribution in [2.75, 3.05) is 33.2 Å². The van der Waals surface area contributed by atoms with Gasteiger partial charge in [-0.05, 0) is 20.9 Å². The van der Waals surface area contributed by atoms with Crippen LogP contribution < -0.4 is 5.32 Å². The number of hydrogen-bond acceptors (Lipinski definition) is 5. The second-order valence-electron chi connectivity index (χ2n) is 5.54. The molecule has 1 N–H and O–H groups in total. The zero-order chi connectivity index (χ0) is 14.7. The summed E-state index contributed by atoms with van der Waals surface area (Å²) in [6, 6.07) is 0.265. The summed E-state index contributed by atoms with van der Waals surface area (Å²) in [6.07, 6.45) is 0. The Balaban J connectivity index is 0.00000220. The maximum atomic E-state index is 12.3. The molecule has 1 aromatic rings. The topological polar surface area (TPSA) is 66.3 Å². The number of piperazine rings is 1. The molecule has 128 valence electrons. The van der Waals surface area contributed by atoms with Crippen LogP contribution in [0.4, 0.5) is 0 Å². The van der Waals surface area contributed by atoms with Crippen LogP contribution in [0.25, 0.3) is 0 Å². The minimum Gasteiger partial charge on any atom is -0.336 e. The van der Waals surface area contributed by atoms with Crippen LogP contribution in [0.1, 0.15) is 18.6 Å². The van der Waals surface area contributed by atoms with Crippen molar-refractivity contribution in [2.45, 2.75) is 26.4 Å². The molecule has 1 aliphatic heterocycles. The summed E-state index contributed by atoms with van der Waals surface area (Å²) < 4.78 is 1.95. The predicted molar refractivity (Wildman–Crippen MR) is 90.6 cm³/mol. The summed E-state index contributed by atoms with van der Waals surface area (Å²) >= 11 is 0. The molecule has 9 heteroatoms. The molecule has 1 aliphatic rings. The first-order valence-corrected chi connectivity index (χ1v) is 7.02. The number of amides is 1. The molecule has 0 spiro atoms. The van der Waals surface area contributed by atoms with Crippen molar-refractivity contribution in [3.63, 3.8) is 0 Å². The predicted octanol–water partition coefficient (Wildman–Crippen LogP) is 0.219. The second kappa shape index (κ2) is 9.29. The van der Waals surface area contributed by atoms with E-state index >= 15 is 0 Å². The minimum absolute atomic E-state index is 0. The lowest BCUT2D eigenvalue weighted by Gasteiger charge is -2.35. The van der Waals surface area contributed by atoms with Crippen LogP contribution in [0.3, 0.4) is 0 Å². The van der Waals surface area contributed by atoms with E-state index in [1.54, 1.807) is 0 Å². The third-order valence-electron chi connectivity index (χ3n) is 3.82. The van der Waals surface area contributed by atoms with Crippen molar-refractivity contribution in [1.29, 1.82) is 0 Å². The zero-order valence-corrected chi connectivity index (χ0v) is 15.2. The molecule has 0 bridgehead atoms. The molecule has 1 saturated heterocycles. The number of aromatic nitrogens is 3. The number of nitrogens with zero attached hydrogens (tertiary/aromatic N) is 5. The van der Waals surface area contributed by atoms with E-state index in [-0.39, 0.29) is 36.8 Å². The molecular weight excluding hydrogens is 327 g/mol. The van der Waals surface area contributed by atoms with Gasteiger partial charge in [-0.25, -0.2) is 0 Å². The SMILES string of the molecule is Cc1nnc(CN(C)CC(=O)N2CCNC[C@H]2C)n1C.Cl.Cl. The number of carbonyl (C=O) groups excluding carboxylic acids is 1. The third kappa shape index (κ3) is 5.08. The van der Waals surface area contributed by atoms with Crippen molar-refractivity contribution in [1.82, 2.24) is 29.9 Å². The Morgan fingerprint density at radius 3 is 2.64 bits per heavy atom. The first-order valence-electron chi connectivity index (χ1n) is 7.02. The van der Waals surface area contributed by atoms with E-state index in [1.165, 1.54) is 0 Å². The Labute approximate surface area is 144 Å². The maximum absolute atomic E-state index is 12.3. The highest BCUT2D eigenvalue weighted by atomic mass is 35.5. The average Bonchev–Trinajstić information content (AvgIpc) is 2.71. The lowest BCUT2D eigenvalue weighted by molar-refractivity contribution is -0.135. The monoisotopic (exact) mass is 352 g/mol. The summed E-state index contributed by atoms with van der Waals surface area (Å²) in [7, 11) is 3.88. The van der Waals surface area contributed by atoms with Crippen LogP contribution in [-0.2, 0) is 18.4 Å². The van der Waals surface area contributed by atoms with Crippen molar-refractivity contribution in [2.24, 2.45) is 7.05 Å². The Kier molecular flexibility index (Phi) is 8.92. The van der Waals surface area contributed by atoms with Gasteiger partial charge in [0.25, 0.3) is 0 Å². The van der Waals surface area contributed by atoms with Crippen LogP contribution in [0.5, 0.6) is 0 Å². The number of nitrogens with one attached hydrogen (secondary N) is 1. The van der Waals surface area contributed by atoms with Crippen molar-refractivity contribution in [3.05, 3.63) is 11.6 Å². The van der Waals surface area contributed by atoms with Gasteiger partial charge < -0.3 is 14.8 Å². The normalized spacial score (nSPS) is 17.9. The first kappa shape index (κ1) is 21.1. The van der Waals surface area contributed by atoms with E-state index in [9.17, 15) is 4.79 Å². The fourth-order valence-corrected chi connectivity index (χ4v) is 2.42. The zero-order valence-electron chi connectivity index (χ0n) is 13.6. The van der Waals surface area contributed by atoms with E-state index < -0.39 is 0 Å². The molecular formula is C13H26Cl2N6O. The molecule has 2 rings (SSSR count). The molecule has 1 amide bonds. The van der Waals surface area contributed by atoms with E-state index in [4.69, 9.17) is 0 Å². The quantitative estimate of drug-likeness (QED) is 0.839. The van der Waals surface area contributed by atoms with Gasteiger partial charge in [0, 0.05) is 32.7 Å². The number of likely N-dealkylation sites (N-methyl/N-ethyl adjacent to an activating group) is 1. The molecule has 0 saturated carbocycles. The summed E-state index contributed by atoms with van der Waals surface area (Å²) in [5.74, 6) is 1.95. The van der Waals surface area contributed by atoms with Gasteiger partial charge in [0.1, 0.15) is 11.6 Å². The second-order valence-corrected chi connectivity index (χ2v) is 5.54. The van der Waals surface area contributed by atoms with Crippen molar-refractivity contribution in [3.8, 4) is 0 Å². The van der Waals surface area contributed by atoms with Gasteiger partial charge in [-0.15, -0.1) is 35.0 Å². The fourth-order valence-electron chi connectivity index (χ4n) is 2.42. The number of carbonyl (C=O) groups is 1. The molecule has 0 radical (unpaired) electrons. The Morgan fingerprint density at radius 1 is 1.41 bits per heavy atom. The number of hydrogen-bond donors (Lipinski definition) is 1. The van der Waals surface area contributed by atoms with Crippen LogP contribution in [0, 0.1) is 6.92 Å². The van der Waals surface area contributed by atoms with Crippen LogP contribution >= 0.6 is 24.8 Å². The largest absolute Gasteiger partial charge is 0.336 e. The van der Waals surface area contributed by atoms with Gasteiger partial charge in [-0.3, -0.25) is 9.69 Å². The Morgan fingerprint density at radius 2 is 2.09 bits per heavy atom. The highest BCUT2D eigenvalue weighted by Crippen LogP contribution is 2.06. The maximum Gasteiger partial charge on any atom is 0.237 e. The van der Waals surface area contributed by atoms with Crippen molar-refractivity contribution >= 4 is 30.7 Å². The van der Waals surface area contributed by atoms with Crippen molar-refractivity contribution < 1.29 is 4.79 Å². The van der Waals surface area contributed by atoms with Gasteiger partial charge in [-0.1, -0.05) is 0 Å². The minimum atomic E-state index is 0. The summed E-state index contributed by atoms with van der Waals surface area (Å²) in [5.41, 5.74) is 0. The molecule has 0 unspecified atom stereocenters. The summed E-state index contributed by atoms with van der Waals surface area (Å²) in [4.78, 5) is 16.3. The summed E-state index contributed by atoms with van der Waals surface area (Å²) in [6.45, 7) is 7.58. The van der Waals surface area contributed by atoms with E-state index in [2.05, 4.69) is 22.4 Å². The molecule has 22 heavy (non-hydrogen) atoms. The lowest BCUT2D eigenvalue weighted by atomic mass is 10.2. The standard InChI is InChI=1S/C13H24N6O.2ClH/c1-10-7-14-5-6-19(10)13(20)9-17(3)8-12-16-15-11(2)18(12)4;;/h10,14H,5-9H2,1-4H3;2*1H/t10-;;/m1../s1. The molecule has 1 atom stereocenters. The van der Waals surface area contributed by atoms with Crippen LogP contribution in [-0.4, -0.2) is 69.7 Å². The highest BCUT2D eigenvalue weighted by molar-refractivity contribution is 5.85. The molecule has 1 aromatic heterocycles. The number of rotatable bonds is 4. The third-order valence-corrected chi connectivity index (χ3v) is 3.82. The fraction of sp³-hybridized carbons (Fsp3) is 0.769. The molecule has 0 aliphatic carbocycles.